The van der Waals surface area contributed by atoms with Crippen LogP contribution in [-0.4, -0.2) is 24.8 Å². The average molecular weight is 256 g/mol. The number of hydroxylamine groups is 2. The summed E-state index contributed by atoms with van der Waals surface area (Å²) in [4.78, 5) is 6.83. The Morgan fingerprint density at radius 3 is 2.41 bits per heavy atom. The number of nitrogens with zero attached hydrogens (tertiary/aromatic N) is 1. The largest absolute Gasteiger partial charge is 0.326 e. The minimum Gasteiger partial charge on any atom is -0.326 e. The Labute approximate surface area is 109 Å². The molecule has 0 spiro atoms. The van der Waals surface area contributed by atoms with Crippen LogP contribution in [0.15, 0.2) is 11.4 Å². The predicted octanol–water partition coefficient (Wildman–Crippen LogP) is 2.96. The first-order chi connectivity index (χ1) is 7.97. The van der Waals surface area contributed by atoms with Gasteiger partial charge < -0.3 is 10.6 Å². The van der Waals surface area contributed by atoms with Gasteiger partial charge in [-0.3, -0.25) is 0 Å². The van der Waals surface area contributed by atoms with E-state index in [-0.39, 0.29) is 12.1 Å². The molecule has 3 nitrogen and oxygen atoms in total. The summed E-state index contributed by atoms with van der Waals surface area (Å²) in [6, 6.07) is 2.33. The fourth-order valence-corrected chi connectivity index (χ4v) is 3.13. The molecule has 0 aliphatic heterocycles. The first-order valence-electron chi connectivity index (χ1n) is 6.07. The molecule has 98 valence electrons. The van der Waals surface area contributed by atoms with E-state index >= 15 is 0 Å². The number of nitrogens with two attached hydrogens (primary N) is 1. The molecule has 2 N–H and O–H groups in total. The molecular formula is C13H24N2OS. The van der Waals surface area contributed by atoms with E-state index in [2.05, 4.69) is 32.2 Å². The van der Waals surface area contributed by atoms with E-state index in [1.165, 1.54) is 10.4 Å². The topological polar surface area (TPSA) is 38.5 Å². The molecule has 1 rings (SSSR count). The lowest BCUT2D eigenvalue weighted by Crippen LogP contribution is -2.40. The molecule has 2 atom stereocenters. The summed E-state index contributed by atoms with van der Waals surface area (Å²) >= 11 is 1.76. The van der Waals surface area contributed by atoms with Crippen molar-refractivity contribution in [3.63, 3.8) is 0 Å². The fraction of sp³-hybridized carbons (Fsp3) is 0.692. The van der Waals surface area contributed by atoms with Crippen LogP contribution in [0.5, 0.6) is 0 Å². The number of hydrogen-bond donors (Lipinski definition) is 1. The second-order valence-corrected chi connectivity index (χ2v) is 5.90. The van der Waals surface area contributed by atoms with Crippen LogP contribution in [0.2, 0.25) is 0 Å². The highest BCUT2D eigenvalue weighted by Gasteiger charge is 2.27. The van der Waals surface area contributed by atoms with Crippen molar-refractivity contribution in [2.45, 2.75) is 39.8 Å². The van der Waals surface area contributed by atoms with Crippen molar-refractivity contribution in [1.29, 1.82) is 0 Å². The molecule has 1 aromatic heterocycles. The molecule has 2 unspecified atom stereocenters. The molecule has 0 aliphatic rings. The predicted molar refractivity (Wildman–Crippen MR) is 74.0 cm³/mol. The fourth-order valence-electron chi connectivity index (χ4n) is 1.98. The van der Waals surface area contributed by atoms with Gasteiger partial charge in [-0.1, -0.05) is 13.8 Å². The maximum absolute atomic E-state index is 6.13. The Morgan fingerprint density at radius 1 is 1.41 bits per heavy atom. The highest BCUT2D eigenvalue weighted by atomic mass is 32.1. The Balaban J connectivity index is 2.95. The van der Waals surface area contributed by atoms with E-state index in [4.69, 9.17) is 10.6 Å². The standard InChI is InChI=1S/C13H24N2OS/c1-9(2)8-15(16-5)12(11(4)14)13-10(3)6-7-17-13/h6-7,9,11-12H,8,14H2,1-5H3. The first kappa shape index (κ1) is 14.6. The Kier molecular flexibility index (Phi) is 5.59. The highest BCUT2D eigenvalue weighted by molar-refractivity contribution is 7.10. The van der Waals surface area contributed by atoms with Gasteiger partial charge in [0, 0.05) is 17.5 Å². The van der Waals surface area contributed by atoms with E-state index in [1.807, 2.05) is 12.0 Å². The highest BCUT2D eigenvalue weighted by Crippen LogP contribution is 2.31. The van der Waals surface area contributed by atoms with Crippen LogP contribution in [0.25, 0.3) is 0 Å². The molecule has 4 heteroatoms. The van der Waals surface area contributed by atoms with Gasteiger partial charge in [0.2, 0.25) is 0 Å². The SMILES string of the molecule is CON(CC(C)C)C(c1sccc1C)C(C)N. The van der Waals surface area contributed by atoms with Gasteiger partial charge in [-0.25, -0.2) is 0 Å². The summed E-state index contributed by atoms with van der Waals surface area (Å²) in [5, 5.41) is 4.12. The molecule has 0 aliphatic carbocycles. The number of thiophene rings is 1. The third-order valence-electron chi connectivity index (χ3n) is 2.76. The molecule has 17 heavy (non-hydrogen) atoms. The lowest BCUT2D eigenvalue weighted by atomic mass is 10.0. The van der Waals surface area contributed by atoms with Crippen LogP contribution in [0.1, 0.15) is 37.3 Å². The van der Waals surface area contributed by atoms with E-state index in [9.17, 15) is 0 Å². The summed E-state index contributed by atoms with van der Waals surface area (Å²) in [5.41, 5.74) is 7.43. The molecule has 0 saturated heterocycles. The summed E-state index contributed by atoms with van der Waals surface area (Å²) < 4.78 is 0. The quantitative estimate of drug-likeness (QED) is 0.795. The van der Waals surface area contributed by atoms with Gasteiger partial charge >= 0.3 is 0 Å². The van der Waals surface area contributed by atoms with Crippen molar-refractivity contribution >= 4 is 11.3 Å². The van der Waals surface area contributed by atoms with Crippen molar-refractivity contribution in [3.8, 4) is 0 Å². The molecule has 0 radical (unpaired) electrons. The van der Waals surface area contributed by atoms with Gasteiger partial charge in [0.1, 0.15) is 0 Å². The zero-order valence-electron chi connectivity index (χ0n) is 11.4. The number of hydrogen-bond acceptors (Lipinski definition) is 4. The lowest BCUT2D eigenvalue weighted by Gasteiger charge is -2.33. The molecular weight excluding hydrogens is 232 g/mol. The van der Waals surface area contributed by atoms with Crippen molar-refractivity contribution in [1.82, 2.24) is 5.06 Å². The average Bonchev–Trinajstić information content (AvgIpc) is 2.63. The normalized spacial score (nSPS) is 15.5. The van der Waals surface area contributed by atoms with Gasteiger partial charge in [0.15, 0.2) is 0 Å². The van der Waals surface area contributed by atoms with E-state index in [0.717, 1.165) is 6.54 Å². The van der Waals surface area contributed by atoms with Crippen LogP contribution in [0.4, 0.5) is 0 Å². The second kappa shape index (κ2) is 6.50. The third kappa shape index (κ3) is 3.78. The van der Waals surface area contributed by atoms with Gasteiger partial charge in [0.25, 0.3) is 0 Å². The van der Waals surface area contributed by atoms with Gasteiger partial charge in [0.05, 0.1) is 13.2 Å². The molecule has 0 bridgehead atoms. The van der Waals surface area contributed by atoms with Crippen molar-refractivity contribution in [2.24, 2.45) is 11.7 Å². The summed E-state index contributed by atoms with van der Waals surface area (Å²) in [6.07, 6.45) is 0. The molecule has 1 aromatic rings. The summed E-state index contributed by atoms with van der Waals surface area (Å²) in [5.74, 6) is 0.552. The Morgan fingerprint density at radius 2 is 2.06 bits per heavy atom. The molecule has 0 amide bonds. The van der Waals surface area contributed by atoms with Crippen LogP contribution < -0.4 is 5.73 Å². The lowest BCUT2D eigenvalue weighted by molar-refractivity contribution is -0.173. The monoisotopic (exact) mass is 256 g/mol. The van der Waals surface area contributed by atoms with E-state index in [0.29, 0.717) is 5.92 Å². The first-order valence-corrected chi connectivity index (χ1v) is 6.95. The molecule has 1 heterocycles. The van der Waals surface area contributed by atoms with Crippen molar-refractivity contribution in [2.75, 3.05) is 13.7 Å². The summed E-state index contributed by atoms with van der Waals surface area (Å²) in [7, 11) is 1.72. The van der Waals surface area contributed by atoms with Gasteiger partial charge in [-0.15, -0.1) is 11.3 Å². The molecule has 0 fully saturated rings. The zero-order chi connectivity index (χ0) is 13.0. The number of aryl methyl sites for hydroxylation is 1. The van der Waals surface area contributed by atoms with E-state index < -0.39 is 0 Å². The third-order valence-corrected chi connectivity index (χ3v) is 3.85. The molecule has 0 aromatic carbocycles. The van der Waals surface area contributed by atoms with Gasteiger partial charge in [-0.2, -0.15) is 5.06 Å². The Hall–Kier alpha value is -0.420. The maximum atomic E-state index is 6.13. The second-order valence-electron chi connectivity index (χ2n) is 4.95. The van der Waals surface area contributed by atoms with Crippen LogP contribution in [-0.2, 0) is 4.84 Å². The van der Waals surface area contributed by atoms with Crippen molar-refractivity contribution in [3.05, 3.63) is 21.9 Å². The number of rotatable bonds is 6. The van der Waals surface area contributed by atoms with E-state index in [1.54, 1.807) is 18.4 Å². The van der Waals surface area contributed by atoms with Crippen LogP contribution in [0.3, 0.4) is 0 Å². The molecule has 0 saturated carbocycles. The minimum absolute atomic E-state index is 0.0473. The zero-order valence-corrected chi connectivity index (χ0v) is 12.3. The van der Waals surface area contributed by atoms with Crippen LogP contribution >= 0.6 is 11.3 Å². The Bertz CT molecular complexity index is 336. The van der Waals surface area contributed by atoms with Crippen LogP contribution in [0, 0.1) is 12.8 Å². The van der Waals surface area contributed by atoms with Crippen molar-refractivity contribution < 1.29 is 4.84 Å². The van der Waals surface area contributed by atoms with Gasteiger partial charge in [-0.05, 0) is 36.8 Å². The smallest absolute Gasteiger partial charge is 0.0845 e. The minimum atomic E-state index is 0.0473. The maximum Gasteiger partial charge on any atom is 0.0845 e. The summed E-state index contributed by atoms with van der Waals surface area (Å²) in [6.45, 7) is 9.43.